The molecule has 1 unspecified atom stereocenters. The average Bonchev–Trinajstić information content (AvgIpc) is 2.51. The van der Waals surface area contributed by atoms with Crippen molar-refractivity contribution in [1.29, 1.82) is 0 Å². The molecule has 0 saturated heterocycles. The molecule has 0 saturated carbocycles. The third-order valence-corrected chi connectivity index (χ3v) is 1.72. The van der Waals surface area contributed by atoms with Crippen LogP contribution in [0.25, 0.3) is 0 Å². The summed E-state index contributed by atoms with van der Waals surface area (Å²) in [6, 6.07) is 2.59. The molecule has 0 aliphatic heterocycles. The van der Waals surface area contributed by atoms with E-state index in [1.54, 1.807) is 12.5 Å². The summed E-state index contributed by atoms with van der Waals surface area (Å²) in [5, 5.41) is 3.35. The Kier molecular flexibility index (Phi) is 3.31. The van der Waals surface area contributed by atoms with Gasteiger partial charge in [-0.25, -0.2) is 0 Å². The highest BCUT2D eigenvalue weighted by molar-refractivity contribution is 5.11. The summed E-state index contributed by atoms with van der Waals surface area (Å²) in [6.45, 7) is 4.79. The third-order valence-electron chi connectivity index (χ3n) is 1.72. The molecule has 1 rings (SSSR count). The largest absolute Gasteiger partial charge is 0.472 e. The number of hydrogen-bond acceptors (Lipinski definition) is 3. The summed E-state index contributed by atoms with van der Waals surface area (Å²) in [5.74, 6) is 0. The predicted molar refractivity (Wildman–Crippen MR) is 48.8 cm³/mol. The molecule has 0 fully saturated rings. The third kappa shape index (κ3) is 2.36. The van der Waals surface area contributed by atoms with Gasteiger partial charge in [0.25, 0.3) is 0 Å². The zero-order valence-corrected chi connectivity index (χ0v) is 7.58. The lowest BCUT2D eigenvalue weighted by Gasteiger charge is -2.17. The van der Waals surface area contributed by atoms with Gasteiger partial charge in [0.2, 0.25) is 0 Å². The van der Waals surface area contributed by atoms with Gasteiger partial charge in [-0.1, -0.05) is 13.8 Å². The lowest BCUT2D eigenvalue weighted by atomic mass is 10.1. The number of nitrogens with one attached hydrogen (secondary N) is 1. The van der Waals surface area contributed by atoms with Gasteiger partial charge in [-0.15, -0.1) is 0 Å². The SMILES string of the molecule is CC(C)NC(CN)c1ccoc1. The Morgan fingerprint density at radius 3 is 2.75 bits per heavy atom. The first-order valence-electron chi connectivity index (χ1n) is 4.22. The van der Waals surface area contributed by atoms with Gasteiger partial charge in [-0.05, 0) is 6.07 Å². The van der Waals surface area contributed by atoms with Gasteiger partial charge in [0.1, 0.15) is 0 Å². The fourth-order valence-electron chi connectivity index (χ4n) is 1.18. The molecule has 0 aliphatic rings. The van der Waals surface area contributed by atoms with Crippen LogP contribution in [-0.4, -0.2) is 12.6 Å². The second kappa shape index (κ2) is 4.28. The average molecular weight is 168 g/mol. The first kappa shape index (κ1) is 9.29. The quantitative estimate of drug-likeness (QED) is 0.712. The summed E-state index contributed by atoms with van der Waals surface area (Å²) in [4.78, 5) is 0. The van der Waals surface area contributed by atoms with E-state index in [1.807, 2.05) is 6.07 Å². The van der Waals surface area contributed by atoms with Crippen molar-refractivity contribution in [2.75, 3.05) is 6.54 Å². The van der Waals surface area contributed by atoms with Crippen LogP contribution in [0.1, 0.15) is 25.5 Å². The molecule has 1 aromatic heterocycles. The van der Waals surface area contributed by atoms with Gasteiger partial charge in [0.15, 0.2) is 0 Å². The lowest BCUT2D eigenvalue weighted by Crippen LogP contribution is -2.32. The Labute approximate surface area is 72.9 Å². The minimum Gasteiger partial charge on any atom is -0.472 e. The minimum absolute atomic E-state index is 0.212. The van der Waals surface area contributed by atoms with E-state index in [9.17, 15) is 0 Å². The van der Waals surface area contributed by atoms with Gasteiger partial charge >= 0.3 is 0 Å². The Morgan fingerprint density at radius 1 is 1.58 bits per heavy atom. The highest BCUT2D eigenvalue weighted by Crippen LogP contribution is 2.12. The van der Waals surface area contributed by atoms with Crippen LogP contribution < -0.4 is 11.1 Å². The van der Waals surface area contributed by atoms with Crippen molar-refractivity contribution in [2.45, 2.75) is 25.9 Å². The molecule has 3 N–H and O–H groups in total. The van der Waals surface area contributed by atoms with Crippen LogP contribution in [0.2, 0.25) is 0 Å². The van der Waals surface area contributed by atoms with Crippen LogP contribution in [0.5, 0.6) is 0 Å². The first-order valence-corrected chi connectivity index (χ1v) is 4.22. The summed E-state index contributed by atoms with van der Waals surface area (Å²) >= 11 is 0. The highest BCUT2D eigenvalue weighted by Gasteiger charge is 2.10. The van der Waals surface area contributed by atoms with Gasteiger partial charge in [0, 0.05) is 24.2 Å². The maximum absolute atomic E-state index is 5.61. The van der Waals surface area contributed by atoms with E-state index in [4.69, 9.17) is 10.2 Å². The molecule has 1 aromatic rings. The van der Waals surface area contributed by atoms with Gasteiger partial charge in [-0.3, -0.25) is 0 Å². The van der Waals surface area contributed by atoms with E-state index < -0.39 is 0 Å². The van der Waals surface area contributed by atoms with Crippen LogP contribution in [0.3, 0.4) is 0 Å². The molecule has 0 amide bonds. The van der Waals surface area contributed by atoms with Crippen molar-refractivity contribution in [3.63, 3.8) is 0 Å². The van der Waals surface area contributed by atoms with Crippen molar-refractivity contribution in [1.82, 2.24) is 5.32 Å². The molecule has 0 aliphatic carbocycles. The fourth-order valence-corrected chi connectivity index (χ4v) is 1.18. The number of rotatable bonds is 4. The van der Waals surface area contributed by atoms with E-state index >= 15 is 0 Å². The maximum Gasteiger partial charge on any atom is 0.0950 e. The van der Waals surface area contributed by atoms with E-state index in [0.717, 1.165) is 5.56 Å². The Bertz CT molecular complexity index is 206. The Balaban J connectivity index is 2.57. The van der Waals surface area contributed by atoms with Gasteiger partial charge in [-0.2, -0.15) is 0 Å². The molecular formula is C9H16N2O. The zero-order valence-electron chi connectivity index (χ0n) is 7.58. The molecule has 0 aromatic carbocycles. The first-order chi connectivity index (χ1) is 5.74. The second-order valence-electron chi connectivity index (χ2n) is 3.17. The molecule has 0 spiro atoms. The fraction of sp³-hybridized carbons (Fsp3) is 0.556. The molecule has 0 bridgehead atoms. The highest BCUT2D eigenvalue weighted by atomic mass is 16.3. The molecule has 3 nitrogen and oxygen atoms in total. The lowest BCUT2D eigenvalue weighted by molar-refractivity contribution is 0.476. The molecule has 1 atom stereocenters. The van der Waals surface area contributed by atoms with Crippen molar-refractivity contribution < 1.29 is 4.42 Å². The van der Waals surface area contributed by atoms with Gasteiger partial charge < -0.3 is 15.5 Å². The molecule has 1 heterocycles. The summed E-state index contributed by atoms with van der Waals surface area (Å²) in [6.07, 6.45) is 3.40. The number of nitrogens with two attached hydrogens (primary N) is 1. The van der Waals surface area contributed by atoms with Crippen LogP contribution in [0.15, 0.2) is 23.0 Å². The van der Waals surface area contributed by atoms with E-state index in [0.29, 0.717) is 12.6 Å². The van der Waals surface area contributed by atoms with Gasteiger partial charge in [0.05, 0.1) is 12.5 Å². The topological polar surface area (TPSA) is 51.2 Å². The number of hydrogen-bond donors (Lipinski definition) is 2. The molecule has 12 heavy (non-hydrogen) atoms. The Hall–Kier alpha value is -0.800. The summed E-state index contributed by atoms with van der Waals surface area (Å²) < 4.78 is 4.98. The van der Waals surface area contributed by atoms with Crippen LogP contribution >= 0.6 is 0 Å². The molecule has 0 radical (unpaired) electrons. The van der Waals surface area contributed by atoms with Crippen molar-refractivity contribution in [3.8, 4) is 0 Å². The minimum atomic E-state index is 0.212. The van der Waals surface area contributed by atoms with E-state index in [1.165, 1.54) is 0 Å². The van der Waals surface area contributed by atoms with Crippen molar-refractivity contribution in [3.05, 3.63) is 24.2 Å². The zero-order chi connectivity index (χ0) is 8.97. The Morgan fingerprint density at radius 2 is 2.33 bits per heavy atom. The van der Waals surface area contributed by atoms with Crippen LogP contribution in [-0.2, 0) is 0 Å². The van der Waals surface area contributed by atoms with Crippen molar-refractivity contribution in [2.24, 2.45) is 5.73 Å². The van der Waals surface area contributed by atoms with Crippen molar-refractivity contribution >= 4 is 0 Å². The molecular weight excluding hydrogens is 152 g/mol. The standard InChI is InChI=1S/C9H16N2O/c1-7(2)11-9(5-10)8-3-4-12-6-8/h3-4,6-7,9,11H,5,10H2,1-2H3. The molecule has 68 valence electrons. The van der Waals surface area contributed by atoms with Crippen LogP contribution in [0.4, 0.5) is 0 Å². The predicted octanol–water partition coefficient (Wildman–Crippen LogP) is 1.28. The second-order valence-corrected chi connectivity index (χ2v) is 3.17. The summed E-state index contributed by atoms with van der Waals surface area (Å²) in [7, 11) is 0. The maximum atomic E-state index is 5.61. The normalized spacial score (nSPS) is 13.7. The van der Waals surface area contributed by atoms with Crippen LogP contribution in [0, 0.1) is 0 Å². The number of furan rings is 1. The molecule has 3 heteroatoms. The van der Waals surface area contributed by atoms with E-state index in [2.05, 4.69) is 19.2 Å². The smallest absolute Gasteiger partial charge is 0.0950 e. The summed E-state index contributed by atoms with van der Waals surface area (Å²) in [5.41, 5.74) is 6.72. The van der Waals surface area contributed by atoms with E-state index in [-0.39, 0.29) is 6.04 Å². The monoisotopic (exact) mass is 168 g/mol.